The highest BCUT2D eigenvalue weighted by Gasteiger charge is 2.23. The summed E-state index contributed by atoms with van der Waals surface area (Å²) in [5.41, 5.74) is 3.39. The predicted molar refractivity (Wildman–Crippen MR) is 101 cm³/mol. The van der Waals surface area contributed by atoms with Crippen molar-refractivity contribution >= 4 is 11.6 Å². The maximum Gasteiger partial charge on any atom is 0.131 e. The third-order valence-electron chi connectivity index (χ3n) is 4.99. The van der Waals surface area contributed by atoms with Crippen molar-refractivity contribution in [2.24, 2.45) is 7.05 Å². The van der Waals surface area contributed by atoms with E-state index >= 15 is 0 Å². The first-order valence-electron chi connectivity index (χ1n) is 8.87. The molecule has 2 aromatic rings. The second-order valence-electron chi connectivity index (χ2n) is 6.64. The Balaban J connectivity index is 1.69. The van der Waals surface area contributed by atoms with Gasteiger partial charge in [-0.1, -0.05) is 23.7 Å². The van der Waals surface area contributed by atoms with Crippen molar-refractivity contribution in [3.05, 3.63) is 46.2 Å². The van der Waals surface area contributed by atoms with Crippen molar-refractivity contribution in [3.63, 3.8) is 0 Å². The van der Waals surface area contributed by atoms with Crippen LogP contribution in [0.15, 0.2) is 24.3 Å². The second-order valence-corrected chi connectivity index (χ2v) is 7.00. The van der Waals surface area contributed by atoms with Gasteiger partial charge in [-0.3, -0.25) is 9.58 Å². The van der Waals surface area contributed by atoms with Gasteiger partial charge in [0.1, 0.15) is 10.9 Å². The summed E-state index contributed by atoms with van der Waals surface area (Å²) >= 11 is 6.34. The number of aromatic nitrogens is 2. The lowest BCUT2D eigenvalue weighted by Crippen LogP contribution is -2.34. The van der Waals surface area contributed by atoms with Crippen LogP contribution in [0.25, 0.3) is 0 Å². The van der Waals surface area contributed by atoms with Crippen LogP contribution >= 0.6 is 11.6 Å². The molecule has 1 saturated heterocycles. The molecule has 5 nitrogen and oxygen atoms in total. The number of nitrogens with zero attached hydrogens (tertiary/aromatic N) is 3. The quantitative estimate of drug-likeness (QED) is 0.820. The van der Waals surface area contributed by atoms with Crippen LogP contribution in [0, 0.1) is 6.92 Å². The molecule has 0 amide bonds. The summed E-state index contributed by atoms with van der Waals surface area (Å²) in [6, 6.07) is 8.79. The van der Waals surface area contributed by atoms with Gasteiger partial charge < -0.3 is 10.1 Å². The first kappa shape index (κ1) is 18.2. The van der Waals surface area contributed by atoms with E-state index in [1.165, 1.54) is 18.4 Å². The molecule has 0 spiro atoms. The van der Waals surface area contributed by atoms with Crippen molar-refractivity contribution in [2.75, 3.05) is 26.7 Å². The molecule has 0 saturated carbocycles. The molecule has 6 heteroatoms. The van der Waals surface area contributed by atoms with Crippen LogP contribution in [0.5, 0.6) is 5.75 Å². The van der Waals surface area contributed by atoms with Crippen molar-refractivity contribution in [1.82, 2.24) is 20.0 Å². The number of halogens is 1. The highest BCUT2D eigenvalue weighted by molar-refractivity contribution is 6.30. The normalized spacial score (nSPS) is 16.3. The van der Waals surface area contributed by atoms with E-state index in [0.29, 0.717) is 11.2 Å². The Morgan fingerprint density at radius 2 is 1.92 bits per heavy atom. The maximum atomic E-state index is 6.34. The molecule has 1 aliphatic rings. The van der Waals surface area contributed by atoms with E-state index < -0.39 is 0 Å². The molecule has 0 radical (unpaired) electrons. The lowest BCUT2D eigenvalue weighted by molar-refractivity contribution is 0.238. The number of hydrogen-bond donors (Lipinski definition) is 1. The van der Waals surface area contributed by atoms with Crippen molar-refractivity contribution < 1.29 is 4.74 Å². The minimum atomic E-state index is 0.365. The van der Waals surface area contributed by atoms with Crippen molar-refractivity contribution in [2.45, 2.75) is 32.4 Å². The van der Waals surface area contributed by atoms with Gasteiger partial charge in [0.05, 0.1) is 12.8 Å². The maximum absolute atomic E-state index is 6.34. The SMILES string of the molecule is COc1ccc(C(CNCc2c(C)nn(C)c2Cl)N2CCCC2)cc1. The molecule has 0 bridgehead atoms. The molecule has 25 heavy (non-hydrogen) atoms. The minimum absolute atomic E-state index is 0.365. The van der Waals surface area contributed by atoms with Crippen LogP contribution in [-0.2, 0) is 13.6 Å². The number of hydrogen-bond acceptors (Lipinski definition) is 4. The fourth-order valence-electron chi connectivity index (χ4n) is 3.55. The van der Waals surface area contributed by atoms with E-state index in [4.69, 9.17) is 16.3 Å². The Labute approximate surface area is 154 Å². The van der Waals surface area contributed by atoms with Crippen LogP contribution in [0.4, 0.5) is 0 Å². The number of likely N-dealkylation sites (tertiary alicyclic amines) is 1. The summed E-state index contributed by atoms with van der Waals surface area (Å²) in [6.07, 6.45) is 2.56. The number of benzene rings is 1. The van der Waals surface area contributed by atoms with E-state index in [0.717, 1.165) is 43.2 Å². The highest BCUT2D eigenvalue weighted by atomic mass is 35.5. The molecule has 1 aromatic carbocycles. The Morgan fingerprint density at radius 1 is 1.24 bits per heavy atom. The Bertz CT molecular complexity index is 692. The average molecular weight is 363 g/mol. The summed E-state index contributed by atoms with van der Waals surface area (Å²) in [6.45, 7) is 5.94. The van der Waals surface area contributed by atoms with Crippen molar-refractivity contribution in [3.8, 4) is 5.75 Å². The number of aryl methyl sites for hydroxylation is 2. The standard InChI is InChI=1S/C19H27ClN4O/c1-14-17(19(20)23(2)22-14)12-21-13-18(24-10-4-5-11-24)15-6-8-16(25-3)9-7-15/h6-9,18,21H,4-5,10-13H2,1-3H3. The zero-order chi connectivity index (χ0) is 17.8. The van der Waals surface area contributed by atoms with Gasteiger partial charge in [-0.25, -0.2) is 0 Å². The van der Waals surface area contributed by atoms with Gasteiger partial charge in [-0.05, 0) is 50.6 Å². The van der Waals surface area contributed by atoms with E-state index in [2.05, 4.69) is 27.4 Å². The van der Waals surface area contributed by atoms with Gasteiger partial charge in [-0.15, -0.1) is 0 Å². The van der Waals surface area contributed by atoms with Gasteiger partial charge in [0, 0.05) is 31.7 Å². The van der Waals surface area contributed by atoms with E-state index in [1.807, 2.05) is 26.1 Å². The van der Waals surface area contributed by atoms with Gasteiger partial charge >= 0.3 is 0 Å². The third-order valence-corrected chi connectivity index (χ3v) is 5.46. The summed E-state index contributed by atoms with van der Waals surface area (Å²) in [5.74, 6) is 0.898. The summed E-state index contributed by atoms with van der Waals surface area (Å²) in [4.78, 5) is 2.56. The van der Waals surface area contributed by atoms with Gasteiger partial charge in [0.25, 0.3) is 0 Å². The van der Waals surface area contributed by atoms with Gasteiger partial charge in [0.2, 0.25) is 0 Å². The minimum Gasteiger partial charge on any atom is -0.497 e. The molecule has 136 valence electrons. The molecule has 1 aromatic heterocycles. The van der Waals surface area contributed by atoms with Gasteiger partial charge in [0.15, 0.2) is 0 Å². The number of methoxy groups -OCH3 is 1. The van der Waals surface area contributed by atoms with E-state index in [1.54, 1.807) is 11.8 Å². The fraction of sp³-hybridized carbons (Fsp3) is 0.526. The van der Waals surface area contributed by atoms with E-state index in [9.17, 15) is 0 Å². The zero-order valence-corrected chi connectivity index (χ0v) is 16.0. The Morgan fingerprint density at radius 3 is 2.48 bits per heavy atom. The van der Waals surface area contributed by atoms with Crippen molar-refractivity contribution in [1.29, 1.82) is 0 Å². The lowest BCUT2D eigenvalue weighted by atomic mass is 10.0. The van der Waals surface area contributed by atoms with E-state index in [-0.39, 0.29) is 0 Å². The summed E-state index contributed by atoms with van der Waals surface area (Å²) in [7, 11) is 3.58. The molecular weight excluding hydrogens is 336 g/mol. The fourth-order valence-corrected chi connectivity index (χ4v) is 3.79. The molecule has 1 N–H and O–H groups in total. The number of ether oxygens (including phenoxy) is 1. The zero-order valence-electron chi connectivity index (χ0n) is 15.3. The second kappa shape index (κ2) is 8.21. The molecule has 1 aliphatic heterocycles. The molecule has 1 unspecified atom stereocenters. The Hall–Kier alpha value is -1.56. The number of nitrogens with one attached hydrogen (secondary N) is 1. The predicted octanol–water partition coefficient (Wildman–Crippen LogP) is 3.32. The summed E-state index contributed by atoms with van der Waals surface area (Å²) < 4.78 is 7.02. The molecule has 0 aliphatic carbocycles. The average Bonchev–Trinajstić information content (AvgIpc) is 3.23. The lowest BCUT2D eigenvalue weighted by Gasteiger charge is -2.28. The van der Waals surface area contributed by atoms with Crippen LogP contribution in [0.3, 0.4) is 0 Å². The molecule has 1 atom stereocenters. The molecule has 1 fully saturated rings. The molecular formula is C19H27ClN4O. The largest absolute Gasteiger partial charge is 0.497 e. The number of rotatable bonds is 7. The topological polar surface area (TPSA) is 42.3 Å². The smallest absolute Gasteiger partial charge is 0.131 e. The highest BCUT2D eigenvalue weighted by Crippen LogP contribution is 2.26. The first-order valence-corrected chi connectivity index (χ1v) is 9.24. The van der Waals surface area contributed by atoms with Crippen LogP contribution in [0.2, 0.25) is 5.15 Å². The monoisotopic (exact) mass is 362 g/mol. The molecule has 3 rings (SSSR count). The van der Waals surface area contributed by atoms with Crippen LogP contribution in [0.1, 0.15) is 35.7 Å². The summed E-state index contributed by atoms with van der Waals surface area (Å²) in [5, 5.41) is 8.69. The van der Waals surface area contributed by atoms with Crippen LogP contribution in [-0.4, -0.2) is 41.4 Å². The molecule has 2 heterocycles. The third kappa shape index (κ3) is 4.17. The van der Waals surface area contributed by atoms with Gasteiger partial charge in [-0.2, -0.15) is 5.10 Å². The van der Waals surface area contributed by atoms with Crippen LogP contribution < -0.4 is 10.1 Å². The Kier molecular flexibility index (Phi) is 5.99. The first-order chi connectivity index (χ1) is 12.1.